The van der Waals surface area contributed by atoms with Gasteiger partial charge in [-0.2, -0.15) is 0 Å². The van der Waals surface area contributed by atoms with Crippen LogP contribution in [0.5, 0.6) is 11.5 Å². The number of likely N-dealkylation sites (tertiary alicyclic amines) is 1. The normalized spacial score (nSPS) is 17.6. The van der Waals surface area contributed by atoms with E-state index in [1.54, 1.807) is 12.1 Å². The minimum Gasteiger partial charge on any atom is -0.506 e. The van der Waals surface area contributed by atoms with E-state index in [4.69, 9.17) is 4.74 Å². The average molecular weight is 408 g/mol. The summed E-state index contributed by atoms with van der Waals surface area (Å²) in [5.41, 5.74) is 0.178. The summed E-state index contributed by atoms with van der Waals surface area (Å²) in [5, 5.41) is 13.0. The van der Waals surface area contributed by atoms with Crippen LogP contribution in [0.4, 0.5) is 0 Å². The van der Waals surface area contributed by atoms with Crippen LogP contribution >= 0.6 is 28.3 Å². The van der Waals surface area contributed by atoms with Crippen LogP contribution in [0.15, 0.2) is 16.6 Å². The molecule has 23 heavy (non-hydrogen) atoms. The van der Waals surface area contributed by atoms with Crippen LogP contribution in [0.3, 0.4) is 0 Å². The summed E-state index contributed by atoms with van der Waals surface area (Å²) in [6, 6.07) is 3.70. The van der Waals surface area contributed by atoms with Crippen molar-refractivity contribution in [3.63, 3.8) is 0 Å². The van der Waals surface area contributed by atoms with E-state index in [0.29, 0.717) is 22.8 Å². The van der Waals surface area contributed by atoms with Crippen LogP contribution in [-0.4, -0.2) is 48.7 Å². The summed E-state index contributed by atoms with van der Waals surface area (Å²) < 4.78 is 5.66. The number of hydrogen-bond donors (Lipinski definition) is 2. The second-order valence-electron chi connectivity index (χ2n) is 5.52. The van der Waals surface area contributed by atoms with Crippen LogP contribution in [0.2, 0.25) is 0 Å². The summed E-state index contributed by atoms with van der Waals surface area (Å²) in [4.78, 5) is 14.8. The van der Waals surface area contributed by atoms with E-state index >= 15 is 0 Å². The van der Waals surface area contributed by atoms with Gasteiger partial charge in [-0.15, -0.1) is 12.4 Å². The molecular formula is C16H24BrClN2O3. The Morgan fingerprint density at radius 3 is 2.91 bits per heavy atom. The van der Waals surface area contributed by atoms with E-state index in [1.165, 1.54) is 13.5 Å². The van der Waals surface area contributed by atoms with E-state index in [-0.39, 0.29) is 29.6 Å². The zero-order valence-electron chi connectivity index (χ0n) is 13.5. The number of nitrogens with one attached hydrogen (secondary N) is 1. The number of benzene rings is 1. The molecule has 2 N–H and O–H groups in total. The van der Waals surface area contributed by atoms with Crippen molar-refractivity contribution in [1.29, 1.82) is 0 Å². The number of rotatable bonds is 6. The molecule has 1 aromatic carbocycles. The summed E-state index contributed by atoms with van der Waals surface area (Å²) in [6.07, 6.45) is 3.39. The van der Waals surface area contributed by atoms with E-state index in [2.05, 4.69) is 33.1 Å². The molecular weight excluding hydrogens is 384 g/mol. The van der Waals surface area contributed by atoms with E-state index in [9.17, 15) is 9.90 Å². The first-order valence-corrected chi connectivity index (χ1v) is 8.45. The van der Waals surface area contributed by atoms with Crippen LogP contribution in [0.1, 0.15) is 36.5 Å². The fraction of sp³-hybridized carbons (Fsp3) is 0.562. The number of methoxy groups -OCH3 is 1. The molecule has 1 saturated heterocycles. The first-order valence-electron chi connectivity index (χ1n) is 7.66. The van der Waals surface area contributed by atoms with Crippen LogP contribution in [0, 0.1) is 0 Å². The molecule has 7 heteroatoms. The number of carbonyl (C=O) groups excluding carboxylic acids is 1. The van der Waals surface area contributed by atoms with Gasteiger partial charge >= 0.3 is 0 Å². The molecule has 1 unspecified atom stereocenters. The Bertz CT molecular complexity index is 542. The Morgan fingerprint density at radius 2 is 2.26 bits per heavy atom. The zero-order valence-corrected chi connectivity index (χ0v) is 15.9. The Hall–Kier alpha value is -0.980. The van der Waals surface area contributed by atoms with E-state index in [1.807, 2.05) is 0 Å². The molecule has 0 spiro atoms. The van der Waals surface area contributed by atoms with Gasteiger partial charge in [-0.25, -0.2) is 0 Å². The standard InChI is InChI=1S/C16H23BrN2O3.ClH/c1-3-8-19-9-4-5-11(19)10-18-16(21)14-13(22-2)7-6-12(17)15(14)20;/h6-7,11,20H,3-5,8-10H2,1-2H3,(H,18,21);1H. The third kappa shape index (κ3) is 4.75. The maximum atomic E-state index is 12.4. The molecule has 1 atom stereocenters. The molecule has 0 radical (unpaired) electrons. The number of ether oxygens (including phenoxy) is 1. The number of halogens is 2. The Labute approximate surface area is 151 Å². The van der Waals surface area contributed by atoms with Crippen molar-refractivity contribution in [2.45, 2.75) is 32.2 Å². The second-order valence-corrected chi connectivity index (χ2v) is 6.37. The molecule has 1 aliphatic rings. The van der Waals surface area contributed by atoms with Gasteiger partial charge in [-0.05, 0) is 60.4 Å². The SMILES string of the molecule is CCCN1CCCC1CNC(=O)c1c(OC)ccc(Br)c1O.Cl. The molecule has 2 rings (SSSR count). The van der Waals surface area contributed by atoms with Gasteiger partial charge < -0.3 is 15.2 Å². The molecule has 1 aliphatic heterocycles. The van der Waals surface area contributed by atoms with E-state index in [0.717, 1.165) is 25.9 Å². The largest absolute Gasteiger partial charge is 0.506 e. The Morgan fingerprint density at radius 1 is 1.52 bits per heavy atom. The number of aromatic hydroxyl groups is 1. The predicted octanol–water partition coefficient (Wildman–Crippen LogP) is 3.19. The second kappa shape index (κ2) is 9.35. The molecule has 0 aromatic heterocycles. The third-order valence-electron chi connectivity index (χ3n) is 4.05. The molecule has 1 fully saturated rings. The van der Waals surface area contributed by atoms with Crippen LogP contribution in [-0.2, 0) is 0 Å². The lowest BCUT2D eigenvalue weighted by Gasteiger charge is -2.24. The van der Waals surface area contributed by atoms with Crippen molar-refractivity contribution in [2.24, 2.45) is 0 Å². The lowest BCUT2D eigenvalue weighted by molar-refractivity contribution is 0.0934. The molecule has 0 aliphatic carbocycles. The number of phenols is 1. The average Bonchev–Trinajstić information content (AvgIpc) is 2.95. The van der Waals surface area contributed by atoms with Crippen molar-refractivity contribution in [2.75, 3.05) is 26.7 Å². The fourth-order valence-corrected chi connectivity index (χ4v) is 3.27. The van der Waals surface area contributed by atoms with Crippen LogP contribution in [0.25, 0.3) is 0 Å². The van der Waals surface area contributed by atoms with Crippen molar-refractivity contribution in [3.8, 4) is 11.5 Å². The highest BCUT2D eigenvalue weighted by molar-refractivity contribution is 9.10. The van der Waals surface area contributed by atoms with Gasteiger partial charge in [0.2, 0.25) is 0 Å². The maximum Gasteiger partial charge on any atom is 0.258 e. The quantitative estimate of drug-likeness (QED) is 0.760. The zero-order chi connectivity index (χ0) is 16.1. The minimum atomic E-state index is -0.306. The number of carbonyl (C=O) groups is 1. The van der Waals surface area contributed by atoms with Gasteiger partial charge in [0.05, 0.1) is 11.6 Å². The summed E-state index contributed by atoms with van der Waals surface area (Å²) in [7, 11) is 1.49. The lowest BCUT2D eigenvalue weighted by atomic mass is 10.1. The van der Waals surface area contributed by atoms with Gasteiger partial charge in [0, 0.05) is 12.6 Å². The Balaban J connectivity index is 0.00000264. The molecule has 1 aromatic rings. The summed E-state index contributed by atoms with van der Waals surface area (Å²) >= 11 is 3.23. The number of phenolic OH excluding ortho intramolecular Hbond substituents is 1. The Kier molecular flexibility index (Phi) is 8.16. The minimum absolute atomic E-state index is 0. The predicted molar refractivity (Wildman–Crippen MR) is 96.8 cm³/mol. The van der Waals surface area contributed by atoms with Crippen molar-refractivity contribution in [3.05, 3.63) is 22.2 Å². The van der Waals surface area contributed by atoms with Crippen molar-refractivity contribution < 1.29 is 14.6 Å². The summed E-state index contributed by atoms with van der Waals surface area (Å²) in [6.45, 7) is 4.91. The highest BCUT2D eigenvalue weighted by Crippen LogP contribution is 2.34. The van der Waals surface area contributed by atoms with Gasteiger partial charge in [-0.3, -0.25) is 9.69 Å². The number of amides is 1. The summed E-state index contributed by atoms with van der Waals surface area (Å²) in [5.74, 6) is -0.0253. The maximum absolute atomic E-state index is 12.4. The highest BCUT2D eigenvalue weighted by Gasteiger charge is 2.25. The van der Waals surface area contributed by atoms with Gasteiger partial charge in [0.15, 0.2) is 0 Å². The van der Waals surface area contributed by atoms with Crippen LogP contribution < -0.4 is 10.1 Å². The van der Waals surface area contributed by atoms with Crippen molar-refractivity contribution >= 4 is 34.2 Å². The lowest BCUT2D eigenvalue weighted by Crippen LogP contribution is -2.40. The molecule has 5 nitrogen and oxygen atoms in total. The number of hydrogen-bond acceptors (Lipinski definition) is 4. The number of nitrogens with zero attached hydrogens (tertiary/aromatic N) is 1. The third-order valence-corrected chi connectivity index (χ3v) is 4.69. The molecule has 1 amide bonds. The molecule has 1 heterocycles. The fourth-order valence-electron chi connectivity index (χ4n) is 2.94. The monoisotopic (exact) mass is 406 g/mol. The van der Waals surface area contributed by atoms with Crippen molar-refractivity contribution in [1.82, 2.24) is 10.2 Å². The highest BCUT2D eigenvalue weighted by atomic mass is 79.9. The first-order chi connectivity index (χ1) is 10.6. The topological polar surface area (TPSA) is 61.8 Å². The molecule has 0 bridgehead atoms. The first kappa shape index (κ1) is 20.1. The molecule has 0 saturated carbocycles. The van der Waals surface area contributed by atoms with E-state index < -0.39 is 0 Å². The smallest absolute Gasteiger partial charge is 0.258 e. The van der Waals surface area contributed by atoms with Gasteiger partial charge in [-0.1, -0.05) is 6.92 Å². The van der Waals surface area contributed by atoms with Gasteiger partial charge in [0.1, 0.15) is 17.1 Å². The van der Waals surface area contributed by atoms with Gasteiger partial charge in [0.25, 0.3) is 5.91 Å². The molecule has 130 valence electrons.